The first-order valence-corrected chi connectivity index (χ1v) is 6.09. The van der Waals surface area contributed by atoms with Crippen molar-refractivity contribution in [3.8, 4) is 0 Å². The molecular weight excluding hydrogens is 285 g/mol. The van der Waals surface area contributed by atoms with Gasteiger partial charge in [-0.1, -0.05) is 0 Å². The van der Waals surface area contributed by atoms with E-state index in [2.05, 4.69) is 9.72 Å². The maximum Gasteiger partial charge on any atom is 0.406 e. The molecule has 0 saturated heterocycles. The van der Waals surface area contributed by atoms with E-state index in [1.807, 2.05) is 0 Å². The van der Waals surface area contributed by atoms with Gasteiger partial charge in [0.1, 0.15) is 12.2 Å². The molecule has 1 heterocycles. The number of hydrogen-bond donors (Lipinski definition) is 0. The fourth-order valence-corrected chi connectivity index (χ4v) is 1.80. The third-order valence-electron chi connectivity index (χ3n) is 2.12. The minimum absolute atomic E-state index is 0.0703. The Morgan fingerprint density at radius 2 is 2.16 bits per heavy atom. The van der Waals surface area contributed by atoms with Crippen molar-refractivity contribution in [3.63, 3.8) is 0 Å². The van der Waals surface area contributed by atoms with Crippen LogP contribution in [0.5, 0.6) is 0 Å². The van der Waals surface area contributed by atoms with Crippen molar-refractivity contribution in [2.45, 2.75) is 12.6 Å². The average Bonchev–Trinajstić information content (AvgIpc) is 2.85. The minimum Gasteiger partial charge on any atom is -0.469 e. The Hall–Kier alpha value is -1.64. The lowest BCUT2D eigenvalue weighted by atomic mass is 10.3. The Bertz CT molecular complexity index is 434. The highest BCUT2D eigenvalue weighted by atomic mass is 32.1. The highest BCUT2D eigenvalue weighted by molar-refractivity contribution is 7.07. The largest absolute Gasteiger partial charge is 0.469 e. The smallest absolute Gasteiger partial charge is 0.406 e. The molecular formula is C10H11F3N2O3S. The molecule has 0 spiro atoms. The summed E-state index contributed by atoms with van der Waals surface area (Å²) in [4.78, 5) is 26.9. The predicted octanol–water partition coefficient (Wildman–Crippen LogP) is 1.71. The monoisotopic (exact) mass is 296 g/mol. The molecule has 0 radical (unpaired) electrons. The van der Waals surface area contributed by atoms with E-state index in [0.717, 1.165) is 18.4 Å². The number of carbonyl (C=O) groups excluding carboxylic acids is 2. The van der Waals surface area contributed by atoms with Crippen molar-refractivity contribution in [1.82, 2.24) is 9.88 Å². The molecule has 0 aliphatic rings. The summed E-state index contributed by atoms with van der Waals surface area (Å²) in [5, 5.41) is 1.35. The molecule has 1 aromatic heterocycles. The van der Waals surface area contributed by atoms with Gasteiger partial charge in [0.15, 0.2) is 0 Å². The van der Waals surface area contributed by atoms with Crippen LogP contribution in [0.25, 0.3) is 0 Å². The predicted molar refractivity (Wildman–Crippen MR) is 60.7 cm³/mol. The molecule has 0 N–H and O–H groups in total. The fraction of sp³-hybridized carbons (Fsp3) is 0.500. The second-order valence-electron chi connectivity index (χ2n) is 3.54. The first kappa shape index (κ1) is 15.4. The number of methoxy groups -OCH3 is 1. The lowest BCUT2D eigenvalue weighted by molar-refractivity contribution is -0.147. The second kappa shape index (κ2) is 6.50. The molecule has 19 heavy (non-hydrogen) atoms. The SMILES string of the molecule is COC(=O)CCN(CC(F)(F)F)C(=O)c1cscn1. The van der Waals surface area contributed by atoms with Crippen molar-refractivity contribution in [2.75, 3.05) is 20.2 Å². The fourth-order valence-electron chi connectivity index (χ4n) is 1.28. The van der Waals surface area contributed by atoms with E-state index in [1.54, 1.807) is 0 Å². The molecule has 0 unspecified atom stereocenters. The Labute approximate surface area is 111 Å². The first-order chi connectivity index (χ1) is 8.83. The number of alkyl halides is 3. The average molecular weight is 296 g/mol. The Morgan fingerprint density at radius 1 is 1.47 bits per heavy atom. The van der Waals surface area contributed by atoms with E-state index >= 15 is 0 Å². The second-order valence-corrected chi connectivity index (χ2v) is 4.26. The lowest BCUT2D eigenvalue weighted by Gasteiger charge is -2.22. The third-order valence-corrected chi connectivity index (χ3v) is 2.71. The summed E-state index contributed by atoms with van der Waals surface area (Å²) in [5.74, 6) is -1.54. The molecule has 1 aromatic rings. The van der Waals surface area contributed by atoms with Crippen LogP contribution in [-0.2, 0) is 9.53 Å². The molecule has 0 aliphatic heterocycles. The quantitative estimate of drug-likeness (QED) is 0.776. The number of hydrogen-bond acceptors (Lipinski definition) is 5. The molecule has 0 fully saturated rings. The molecule has 0 atom stereocenters. The van der Waals surface area contributed by atoms with E-state index in [1.165, 1.54) is 10.9 Å². The van der Waals surface area contributed by atoms with Crippen molar-refractivity contribution in [2.24, 2.45) is 0 Å². The number of carbonyl (C=O) groups is 2. The maximum absolute atomic E-state index is 12.4. The zero-order valence-electron chi connectivity index (χ0n) is 9.94. The standard InChI is InChI=1S/C10H11F3N2O3S/c1-18-8(16)2-3-15(5-10(11,12)13)9(17)7-4-19-6-14-7/h4,6H,2-3,5H2,1H3. The van der Waals surface area contributed by atoms with Crippen molar-refractivity contribution in [3.05, 3.63) is 16.6 Å². The topological polar surface area (TPSA) is 59.5 Å². The van der Waals surface area contributed by atoms with E-state index in [0.29, 0.717) is 4.90 Å². The summed E-state index contributed by atoms with van der Waals surface area (Å²) in [6, 6.07) is 0. The van der Waals surface area contributed by atoms with E-state index in [9.17, 15) is 22.8 Å². The first-order valence-electron chi connectivity index (χ1n) is 5.14. The van der Waals surface area contributed by atoms with E-state index in [4.69, 9.17) is 0 Å². The normalized spacial score (nSPS) is 11.2. The van der Waals surface area contributed by atoms with Gasteiger partial charge in [0.25, 0.3) is 5.91 Å². The van der Waals surface area contributed by atoms with Gasteiger partial charge in [-0.2, -0.15) is 13.2 Å². The van der Waals surface area contributed by atoms with Crippen LogP contribution >= 0.6 is 11.3 Å². The number of amides is 1. The van der Waals surface area contributed by atoms with Crippen LogP contribution in [0.15, 0.2) is 10.9 Å². The molecule has 1 amide bonds. The van der Waals surface area contributed by atoms with Crippen molar-refractivity contribution >= 4 is 23.2 Å². The van der Waals surface area contributed by atoms with Gasteiger partial charge in [0, 0.05) is 11.9 Å². The van der Waals surface area contributed by atoms with Gasteiger partial charge in [-0.3, -0.25) is 9.59 Å². The van der Waals surface area contributed by atoms with Crippen LogP contribution in [-0.4, -0.2) is 48.1 Å². The van der Waals surface area contributed by atoms with Gasteiger partial charge >= 0.3 is 12.1 Å². The third kappa shape index (κ3) is 5.25. The van der Waals surface area contributed by atoms with Gasteiger partial charge < -0.3 is 9.64 Å². The van der Waals surface area contributed by atoms with Gasteiger partial charge in [0.2, 0.25) is 0 Å². The number of esters is 1. The van der Waals surface area contributed by atoms with Crippen LogP contribution < -0.4 is 0 Å². The Morgan fingerprint density at radius 3 is 2.63 bits per heavy atom. The lowest BCUT2D eigenvalue weighted by Crippen LogP contribution is -2.40. The maximum atomic E-state index is 12.4. The number of ether oxygens (including phenoxy) is 1. The molecule has 0 aliphatic carbocycles. The summed E-state index contributed by atoms with van der Waals surface area (Å²) in [6.07, 6.45) is -4.84. The van der Waals surface area contributed by atoms with Crippen LogP contribution in [0.4, 0.5) is 13.2 Å². The Kier molecular flexibility index (Phi) is 5.28. The Balaban J connectivity index is 2.74. The van der Waals surface area contributed by atoms with Crippen LogP contribution in [0.2, 0.25) is 0 Å². The van der Waals surface area contributed by atoms with Crippen molar-refractivity contribution in [1.29, 1.82) is 0 Å². The summed E-state index contributed by atoms with van der Waals surface area (Å²) < 4.78 is 41.5. The zero-order valence-corrected chi connectivity index (χ0v) is 10.8. The molecule has 1 rings (SSSR count). The number of halogens is 3. The number of rotatable bonds is 5. The van der Waals surface area contributed by atoms with Crippen molar-refractivity contribution < 1.29 is 27.5 Å². The summed E-state index contributed by atoms with van der Waals surface area (Å²) >= 11 is 1.10. The summed E-state index contributed by atoms with van der Waals surface area (Å²) in [7, 11) is 1.12. The van der Waals surface area contributed by atoms with E-state index < -0.39 is 24.6 Å². The van der Waals surface area contributed by atoms with Gasteiger partial charge in [-0.05, 0) is 0 Å². The zero-order chi connectivity index (χ0) is 14.5. The molecule has 0 bridgehead atoms. The van der Waals surface area contributed by atoms with Gasteiger partial charge in [-0.15, -0.1) is 11.3 Å². The van der Waals surface area contributed by atoms with Crippen LogP contribution in [0, 0.1) is 0 Å². The highest BCUT2D eigenvalue weighted by Crippen LogP contribution is 2.18. The van der Waals surface area contributed by atoms with Crippen LogP contribution in [0.1, 0.15) is 16.9 Å². The number of nitrogens with zero attached hydrogens (tertiary/aromatic N) is 2. The molecule has 5 nitrogen and oxygen atoms in total. The molecule has 106 valence electrons. The highest BCUT2D eigenvalue weighted by Gasteiger charge is 2.34. The van der Waals surface area contributed by atoms with E-state index in [-0.39, 0.29) is 18.7 Å². The summed E-state index contributed by atoms with van der Waals surface area (Å²) in [5.41, 5.74) is 1.28. The van der Waals surface area contributed by atoms with Gasteiger partial charge in [0.05, 0.1) is 19.0 Å². The van der Waals surface area contributed by atoms with Crippen LogP contribution in [0.3, 0.4) is 0 Å². The number of aromatic nitrogens is 1. The molecule has 9 heteroatoms. The van der Waals surface area contributed by atoms with Gasteiger partial charge in [-0.25, -0.2) is 4.98 Å². The molecule has 0 saturated carbocycles. The minimum atomic E-state index is -4.54. The summed E-state index contributed by atoms with van der Waals surface area (Å²) in [6.45, 7) is -1.80. The number of thiazole rings is 1. The molecule has 0 aromatic carbocycles.